The number of hydrogen-bond acceptors (Lipinski definition) is 4. The average molecular weight is 241 g/mol. The standard InChI is InChI=1S/C14H15N3O/c1-14(12-6-3-2-4-7-12)10-13(11-16)18-17(14)9-5-8-15/h2-4,6-7,13H,5,9-10H2,1H3/t13-,14+/m1/s1. The normalized spacial score (nSPS) is 27.6. The van der Waals surface area contributed by atoms with Gasteiger partial charge < -0.3 is 0 Å². The van der Waals surface area contributed by atoms with Gasteiger partial charge in [0, 0.05) is 13.0 Å². The first-order valence-electron chi connectivity index (χ1n) is 5.97. The van der Waals surface area contributed by atoms with Crippen molar-refractivity contribution in [1.29, 1.82) is 10.5 Å². The van der Waals surface area contributed by atoms with Crippen LogP contribution in [0.4, 0.5) is 0 Å². The van der Waals surface area contributed by atoms with Crippen molar-refractivity contribution in [3.8, 4) is 12.1 Å². The lowest BCUT2D eigenvalue weighted by Crippen LogP contribution is -2.38. The fraction of sp³-hybridized carbons (Fsp3) is 0.429. The average Bonchev–Trinajstić information content (AvgIpc) is 2.75. The molecule has 0 spiro atoms. The highest BCUT2D eigenvalue weighted by atomic mass is 16.7. The largest absolute Gasteiger partial charge is 0.280 e. The molecule has 1 aromatic rings. The third-order valence-corrected chi connectivity index (χ3v) is 3.35. The first-order valence-corrected chi connectivity index (χ1v) is 5.97. The first-order chi connectivity index (χ1) is 8.70. The van der Waals surface area contributed by atoms with E-state index >= 15 is 0 Å². The minimum atomic E-state index is -0.436. The molecule has 0 saturated carbocycles. The van der Waals surface area contributed by atoms with Crippen molar-refractivity contribution in [3.05, 3.63) is 35.9 Å². The summed E-state index contributed by atoms with van der Waals surface area (Å²) in [6, 6.07) is 14.2. The van der Waals surface area contributed by atoms with Crippen LogP contribution in [0, 0.1) is 22.7 Å². The van der Waals surface area contributed by atoms with Crippen LogP contribution in [0.2, 0.25) is 0 Å². The maximum Gasteiger partial charge on any atom is 0.167 e. The van der Waals surface area contributed by atoms with Crippen molar-refractivity contribution < 1.29 is 4.84 Å². The molecule has 1 fully saturated rings. The number of hydroxylamine groups is 2. The molecule has 1 aliphatic heterocycles. The van der Waals surface area contributed by atoms with Gasteiger partial charge in [-0.1, -0.05) is 30.3 Å². The van der Waals surface area contributed by atoms with Crippen molar-refractivity contribution >= 4 is 0 Å². The molecule has 0 aromatic heterocycles. The van der Waals surface area contributed by atoms with Crippen LogP contribution >= 0.6 is 0 Å². The molecule has 0 bridgehead atoms. The van der Waals surface area contributed by atoms with Crippen molar-refractivity contribution in [2.45, 2.75) is 31.4 Å². The summed E-state index contributed by atoms with van der Waals surface area (Å²) in [6.45, 7) is 2.57. The van der Waals surface area contributed by atoms with Crippen molar-refractivity contribution in [2.75, 3.05) is 6.54 Å². The highest BCUT2D eigenvalue weighted by Crippen LogP contribution is 2.39. The molecule has 0 N–H and O–H groups in total. The maximum atomic E-state index is 9.02. The molecule has 1 heterocycles. The summed E-state index contributed by atoms with van der Waals surface area (Å²) in [5.41, 5.74) is 0.777. The van der Waals surface area contributed by atoms with Crippen molar-refractivity contribution in [1.82, 2.24) is 5.06 Å². The minimum Gasteiger partial charge on any atom is -0.280 e. The van der Waals surface area contributed by atoms with Gasteiger partial charge in [-0.3, -0.25) is 4.84 Å². The van der Waals surface area contributed by atoms with E-state index < -0.39 is 6.10 Å². The number of nitriles is 2. The molecule has 2 rings (SSSR count). The van der Waals surface area contributed by atoms with Gasteiger partial charge in [-0.05, 0) is 12.5 Å². The number of benzene rings is 1. The fourth-order valence-corrected chi connectivity index (χ4v) is 2.35. The smallest absolute Gasteiger partial charge is 0.167 e. The van der Waals surface area contributed by atoms with Crippen LogP contribution in [0.5, 0.6) is 0 Å². The molecule has 0 aliphatic carbocycles. The molecule has 92 valence electrons. The summed E-state index contributed by atoms with van der Waals surface area (Å²) in [6.07, 6.45) is 0.577. The Morgan fingerprint density at radius 2 is 2.11 bits per heavy atom. The van der Waals surface area contributed by atoms with E-state index in [0.29, 0.717) is 19.4 Å². The minimum absolute atomic E-state index is 0.335. The summed E-state index contributed by atoms with van der Waals surface area (Å²) in [5, 5.41) is 19.5. The van der Waals surface area contributed by atoms with E-state index in [4.69, 9.17) is 15.4 Å². The molecule has 4 nitrogen and oxygen atoms in total. The highest BCUT2D eigenvalue weighted by Gasteiger charge is 2.44. The Labute approximate surface area is 107 Å². The van der Waals surface area contributed by atoms with Gasteiger partial charge in [0.05, 0.1) is 24.1 Å². The SMILES string of the molecule is C[C@@]1(c2ccccc2)C[C@H](C#N)ON1CCC#N. The number of hydrogen-bond donors (Lipinski definition) is 0. The van der Waals surface area contributed by atoms with Gasteiger partial charge >= 0.3 is 0 Å². The molecular formula is C14H15N3O. The Kier molecular flexibility index (Phi) is 3.62. The molecule has 4 heteroatoms. The molecule has 0 amide bonds. The number of rotatable bonds is 3. The summed E-state index contributed by atoms with van der Waals surface area (Å²) >= 11 is 0. The third kappa shape index (κ3) is 2.22. The van der Waals surface area contributed by atoms with Gasteiger partial charge in [-0.15, -0.1) is 0 Å². The summed E-state index contributed by atoms with van der Waals surface area (Å²) < 4.78 is 0. The Balaban J connectivity index is 2.28. The lowest BCUT2D eigenvalue weighted by molar-refractivity contribution is -0.174. The molecule has 0 radical (unpaired) electrons. The Morgan fingerprint density at radius 3 is 2.72 bits per heavy atom. The van der Waals surface area contributed by atoms with Crippen LogP contribution in [0.1, 0.15) is 25.3 Å². The van der Waals surface area contributed by atoms with E-state index in [1.807, 2.05) is 30.3 Å². The van der Waals surface area contributed by atoms with Crippen LogP contribution < -0.4 is 0 Å². The molecule has 1 aliphatic rings. The third-order valence-electron chi connectivity index (χ3n) is 3.35. The highest BCUT2D eigenvalue weighted by molar-refractivity contribution is 5.25. The zero-order valence-corrected chi connectivity index (χ0v) is 10.3. The first kappa shape index (κ1) is 12.6. The second kappa shape index (κ2) is 5.18. The van der Waals surface area contributed by atoms with Crippen LogP contribution in [0.15, 0.2) is 30.3 Å². The molecule has 1 aromatic carbocycles. The van der Waals surface area contributed by atoms with Gasteiger partial charge in [0.15, 0.2) is 6.10 Å². The van der Waals surface area contributed by atoms with Gasteiger partial charge in [0.25, 0.3) is 0 Å². The van der Waals surface area contributed by atoms with E-state index in [0.717, 1.165) is 5.56 Å². The zero-order chi connectivity index (χ0) is 13.0. The molecule has 2 atom stereocenters. The van der Waals surface area contributed by atoms with Crippen molar-refractivity contribution in [3.63, 3.8) is 0 Å². The summed E-state index contributed by atoms with van der Waals surface area (Å²) in [7, 11) is 0. The van der Waals surface area contributed by atoms with E-state index in [1.165, 1.54) is 0 Å². The Hall–Kier alpha value is -1.88. The van der Waals surface area contributed by atoms with Gasteiger partial charge in [0.2, 0.25) is 0 Å². The van der Waals surface area contributed by atoms with E-state index in [9.17, 15) is 0 Å². The lowest BCUT2D eigenvalue weighted by atomic mass is 9.87. The Bertz CT molecular complexity index is 488. The van der Waals surface area contributed by atoms with Crippen molar-refractivity contribution in [2.24, 2.45) is 0 Å². The Morgan fingerprint density at radius 1 is 1.39 bits per heavy atom. The van der Waals surface area contributed by atoms with Gasteiger partial charge in [-0.25, -0.2) is 0 Å². The van der Waals surface area contributed by atoms with E-state index in [-0.39, 0.29) is 5.54 Å². The maximum absolute atomic E-state index is 9.02. The summed E-state index contributed by atoms with van der Waals surface area (Å²) in [4.78, 5) is 5.60. The lowest BCUT2D eigenvalue weighted by Gasteiger charge is -2.32. The fourth-order valence-electron chi connectivity index (χ4n) is 2.35. The van der Waals surface area contributed by atoms with Crippen LogP contribution in [-0.2, 0) is 10.4 Å². The molecule has 18 heavy (non-hydrogen) atoms. The van der Waals surface area contributed by atoms with E-state index in [2.05, 4.69) is 19.1 Å². The van der Waals surface area contributed by atoms with Crippen LogP contribution in [0.3, 0.4) is 0 Å². The second-order valence-corrected chi connectivity index (χ2v) is 4.58. The monoisotopic (exact) mass is 241 g/mol. The predicted molar refractivity (Wildman–Crippen MR) is 65.8 cm³/mol. The molecular weight excluding hydrogens is 226 g/mol. The number of nitrogens with zero attached hydrogens (tertiary/aromatic N) is 3. The topological polar surface area (TPSA) is 60.0 Å². The van der Waals surface area contributed by atoms with Crippen LogP contribution in [-0.4, -0.2) is 17.7 Å². The van der Waals surface area contributed by atoms with Gasteiger partial charge in [0.1, 0.15) is 0 Å². The molecule has 1 saturated heterocycles. The summed E-state index contributed by atoms with van der Waals surface area (Å²) in [5.74, 6) is 0. The van der Waals surface area contributed by atoms with Gasteiger partial charge in [-0.2, -0.15) is 15.6 Å². The van der Waals surface area contributed by atoms with Crippen LogP contribution in [0.25, 0.3) is 0 Å². The second-order valence-electron chi connectivity index (χ2n) is 4.58. The van der Waals surface area contributed by atoms with E-state index in [1.54, 1.807) is 5.06 Å². The molecule has 0 unspecified atom stereocenters. The predicted octanol–water partition coefficient (Wildman–Crippen LogP) is 2.34. The quantitative estimate of drug-likeness (QED) is 0.815. The zero-order valence-electron chi connectivity index (χ0n) is 10.3.